The zero-order chi connectivity index (χ0) is 14.7. The van der Waals surface area contributed by atoms with E-state index in [4.69, 9.17) is 22.2 Å². The van der Waals surface area contributed by atoms with Crippen molar-refractivity contribution in [2.24, 2.45) is 5.84 Å². The molecule has 0 amide bonds. The van der Waals surface area contributed by atoms with Gasteiger partial charge in [-0.2, -0.15) is 0 Å². The number of methoxy groups -OCH3 is 1. The highest BCUT2D eigenvalue weighted by Crippen LogP contribution is 2.34. The lowest BCUT2D eigenvalue weighted by atomic mass is 9.97. The summed E-state index contributed by atoms with van der Waals surface area (Å²) in [6, 6.07) is 11.5. The summed E-state index contributed by atoms with van der Waals surface area (Å²) in [6.45, 7) is 2.04. The number of benzene rings is 2. The molecule has 0 aliphatic heterocycles. The second-order valence-corrected chi connectivity index (χ2v) is 5.80. The summed E-state index contributed by atoms with van der Waals surface area (Å²) in [7, 11) is 1.65. The summed E-state index contributed by atoms with van der Waals surface area (Å²) < 4.78 is 6.33. The van der Waals surface area contributed by atoms with Gasteiger partial charge in [-0.05, 0) is 30.7 Å². The Balaban J connectivity index is 2.54. The third kappa shape index (κ3) is 3.15. The third-order valence-corrected chi connectivity index (χ3v) is 4.06. The van der Waals surface area contributed by atoms with Gasteiger partial charge in [-0.25, -0.2) is 5.43 Å². The fourth-order valence-electron chi connectivity index (χ4n) is 2.16. The van der Waals surface area contributed by atoms with Crippen LogP contribution in [0.1, 0.15) is 22.7 Å². The fraction of sp³-hybridized carbons (Fsp3) is 0.200. The highest BCUT2D eigenvalue weighted by Gasteiger charge is 2.19. The molecule has 0 saturated heterocycles. The van der Waals surface area contributed by atoms with Crippen LogP contribution in [0.5, 0.6) is 5.75 Å². The van der Waals surface area contributed by atoms with Gasteiger partial charge in [0.1, 0.15) is 5.75 Å². The van der Waals surface area contributed by atoms with Gasteiger partial charge in [-0.1, -0.05) is 51.3 Å². The number of ether oxygens (including phenoxy) is 1. The van der Waals surface area contributed by atoms with Crippen LogP contribution in [0.15, 0.2) is 40.9 Å². The Morgan fingerprint density at radius 1 is 1.20 bits per heavy atom. The summed E-state index contributed by atoms with van der Waals surface area (Å²) in [5.41, 5.74) is 5.97. The molecule has 3 nitrogen and oxygen atoms in total. The average Bonchev–Trinajstić information content (AvgIpc) is 2.42. The first kappa shape index (κ1) is 15.3. The van der Waals surface area contributed by atoms with Gasteiger partial charge in [0.05, 0.1) is 13.2 Å². The molecule has 5 heteroatoms. The first-order valence-corrected chi connectivity index (χ1v) is 7.29. The predicted octanol–water partition coefficient (Wildman–Crippen LogP) is 3.97. The number of halogens is 2. The molecule has 1 atom stereocenters. The Morgan fingerprint density at radius 3 is 2.55 bits per heavy atom. The minimum atomic E-state index is -0.184. The number of hydrazine groups is 1. The first-order valence-electron chi connectivity index (χ1n) is 6.12. The van der Waals surface area contributed by atoms with Gasteiger partial charge in [0.15, 0.2) is 0 Å². The van der Waals surface area contributed by atoms with E-state index in [-0.39, 0.29) is 6.04 Å². The van der Waals surface area contributed by atoms with Crippen molar-refractivity contribution in [1.82, 2.24) is 5.43 Å². The Labute approximate surface area is 132 Å². The maximum Gasteiger partial charge on any atom is 0.124 e. The van der Waals surface area contributed by atoms with Crippen molar-refractivity contribution in [2.45, 2.75) is 13.0 Å². The first-order chi connectivity index (χ1) is 9.56. The topological polar surface area (TPSA) is 47.3 Å². The molecule has 0 fully saturated rings. The van der Waals surface area contributed by atoms with E-state index in [9.17, 15) is 0 Å². The van der Waals surface area contributed by atoms with Crippen LogP contribution in [0.3, 0.4) is 0 Å². The highest BCUT2D eigenvalue weighted by molar-refractivity contribution is 9.10. The largest absolute Gasteiger partial charge is 0.496 e. The van der Waals surface area contributed by atoms with Crippen LogP contribution in [-0.2, 0) is 0 Å². The number of aryl methyl sites for hydroxylation is 1. The lowest BCUT2D eigenvalue weighted by Gasteiger charge is -2.21. The van der Waals surface area contributed by atoms with Crippen LogP contribution in [0.4, 0.5) is 0 Å². The van der Waals surface area contributed by atoms with Crippen LogP contribution in [0.2, 0.25) is 5.02 Å². The van der Waals surface area contributed by atoms with Crippen LogP contribution < -0.4 is 16.0 Å². The molecule has 20 heavy (non-hydrogen) atoms. The number of hydrogen-bond acceptors (Lipinski definition) is 3. The fourth-order valence-corrected chi connectivity index (χ4v) is 3.07. The van der Waals surface area contributed by atoms with E-state index in [0.717, 1.165) is 26.9 Å². The van der Waals surface area contributed by atoms with Crippen LogP contribution in [-0.4, -0.2) is 7.11 Å². The van der Waals surface area contributed by atoms with E-state index in [1.807, 2.05) is 37.3 Å². The monoisotopic (exact) mass is 354 g/mol. The van der Waals surface area contributed by atoms with Crippen molar-refractivity contribution in [3.8, 4) is 5.75 Å². The van der Waals surface area contributed by atoms with Crippen molar-refractivity contribution < 1.29 is 4.74 Å². The van der Waals surface area contributed by atoms with E-state index in [1.165, 1.54) is 0 Å². The smallest absolute Gasteiger partial charge is 0.124 e. The van der Waals surface area contributed by atoms with Gasteiger partial charge in [0.2, 0.25) is 0 Å². The van der Waals surface area contributed by atoms with Gasteiger partial charge in [0.25, 0.3) is 0 Å². The molecule has 106 valence electrons. The Morgan fingerprint density at radius 2 is 1.95 bits per heavy atom. The highest BCUT2D eigenvalue weighted by atomic mass is 79.9. The SMILES string of the molecule is COc1ccc(C)cc1C(NN)c1ccc(Cl)cc1Br. The van der Waals surface area contributed by atoms with E-state index in [1.54, 1.807) is 7.11 Å². The van der Waals surface area contributed by atoms with Crippen molar-refractivity contribution in [3.05, 3.63) is 62.6 Å². The second kappa shape index (κ2) is 6.59. The molecule has 0 saturated carbocycles. The minimum Gasteiger partial charge on any atom is -0.496 e. The van der Waals surface area contributed by atoms with Crippen LogP contribution in [0.25, 0.3) is 0 Å². The van der Waals surface area contributed by atoms with Crippen molar-refractivity contribution in [1.29, 1.82) is 0 Å². The standard InChI is InChI=1S/C15H16BrClN2O/c1-9-3-6-14(20-2)12(7-9)15(19-18)11-5-4-10(17)8-13(11)16/h3-8,15,19H,18H2,1-2H3. The van der Waals surface area contributed by atoms with Gasteiger partial charge in [-0.3, -0.25) is 5.84 Å². The van der Waals surface area contributed by atoms with Gasteiger partial charge in [0, 0.05) is 15.1 Å². The summed E-state index contributed by atoms with van der Waals surface area (Å²) in [5.74, 6) is 6.55. The van der Waals surface area contributed by atoms with E-state index in [0.29, 0.717) is 5.02 Å². The maximum atomic E-state index is 5.99. The quantitative estimate of drug-likeness (QED) is 0.644. The lowest BCUT2D eigenvalue weighted by Crippen LogP contribution is -2.29. The molecule has 0 bridgehead atoms. The zero-order valence-electron chi connectivity index (χ0n) is 11.3. The number of nitrogens with one attached hydrogen (secondary N) is 1. The number of nitrogens with two attached hydrogens (primary N) is 1. The van der Waals surface area contributed by atoms with Crippen LogP contribution in [0, 0.1) is 6.92 Å². The molecule has 0 aliphatic rings. The Bertz CT molecular complexity index is 619. The summed E-state index contributed by atoms with van der Waals surface area (Å²) in [6.07, 6.45) is 0. The molecule has 0 heterocycles. The summed E-state index contributed by atoms with van der Waals surface area (Å²) in [4.78, 5) is 0. The predicted molar refractivity (Wildman–Crippen MR) is 86.0 cm³/mol. The lowest BCUT2D eigenvalue weighted by molar-refractivity contribution is 0.404. The zero-order valence-corrected chi connectivity index (χ0v) is 13.6. The van der Waals surface area contributed by atoms with Gasteiger partial charge in [-0.15, -0.1) is 0 Å². The number of hydrogen-bond donors (Lipinski definition) is 2. The average molecular weight is 356 g/mol. The van der Waals surface area contributed by atoms with Crippen molar-refractivity contribution >= 4 is 27.5 Å². The van der Waals surface area contributed by atoms with E-state index in [2.05, 4.69) is 27.4 Å². The molecular weight excluding hydrogens is 340 g/mol. The molecule has 1 unspecified atom stereocenters. The van der Waals surface area contributed by atoms with Crippen LogP contribution >= 0.6 is 27.5 Å². The Hall–Kier alpha value is -1.07. The van der Waals surface area contributed by atoms with E-state index >= 15 is 0 Å². The molecular formula is C15H16BrClN2O. The molecule has 2 aromatic rings. The number of rotatable bonds is 4. The summed E-state index contributed by atoms with van der Waals surface area (Å²) >= 11 is 9.52. The van der Waals surface area contributed by atoms with Gasteiger partial charge >= 0.3 is 0 Å². The Kier molecular flexibility index (Phi) is 5.05. The molecule has 0 aromatic heterocycles. The minimum absolute atomic E-state index is 0.184. The summed E-state index contributed by atoms with van der Waals surface area (Å²) in [5, 5.41) is 0.674. The second-order valence-electron chi connectivity index (χ2n) is 4.51. The molecule has 2 aromatic carbocycles. The van der Waals surface area contributed by atoms with Crippen molar-refractivity contribution in [3.63, 3.8) is 0 Å². The maximum absolute atomic E-state index is 5.99. The van der Waals surface area contributed by atoms with Gasteiger partial charge < -0.3 is 4.74 Å². The molecule has 3 N–H and O–H groups in total. The molecule has 0 spiro atoms. The normalized spacial score (nSPS) is 12.2. The third-order valence-electron chi connectivity index (χ3n) is 3.14. The van der Waals surface area contributed by atoms with Crippen molar-refractivity contribution in [2.75, 3.05) is 7.11 Å². The molecule has 0 radical (unpaired) electrons. The molecule has 2 rings (SSSR count). The molecule has 0 aliphatic carbocycles. The van der Waals surface area contributed by atoms with E-state index < -0.39 is 0 Å².